The van der Waals surface area contributed by atoms with Crippen LogP contribution in [0.25, 0.3) is 0 Å². The molecule has 6 rings (SSSR count). The number of carbonyl (C=O) groups excluding carboxylic acids is 2. The number of benzene rings is 2. The van der Waals surface area contributed by atoms with Crippen LogP contribution in [0.3, 0.4) is 0 Å². The van der Waals surface area contributed by atoms with Crippen molar-refractivity contribution in [3.8, 4) is 0 Å². The Kier molecular flexibility index (Phi) is 7.03. The van der Waals surface area contributed by atoms with Crippen LogP contribution in [0, 0.1) is 5.92 Å². The van der Waals surface area contributed by atoms with Crippen LogP contribution in [0.1, 0.15) is 73.0 Å². The largest absolute Gasteiger partial charge is 0.416 e. The van der Waals surface area contributed by atoms with Gasteiger partial charge in [-0.15, -0.1) is 0 Å². The van der Waals surface area contributed by atoms with Crippen LogP contribution in [0.2, 0.25) is 0 Å². The maximum atomic E-state index is 13.7. The first kappa shape index (κ1) is 27.6. The molecule has 11 heteroatoms. The average molecular weight is 565 g/mol. The standard InChI is InChI=1S/C28H31F3N2O5S/c1-2-39(37,38)22-6-3-5-19(16-22)26(35)33-21-13-17(14-21)15-23(33)25(34)32-24(27(36)11-4-12-27)18-7-9-20(10-8-18)28(29,30)31/h3,5-10,16-17,21,23-24,36H,2,4,11-15H2,1H3,(H,32,34)/t17?,21?,23-,24+/m1/s1. The first-order chi connectivity index (χ1) is 18.3. The highest BCUT2D eigenvalue weighted by Gasteiger charge is 2.51. The minimum absolute atomic E-state index is 0.0370. The topological polar surface area (TPSA) is 104 Å². The molecule has 7 nitrogen and oxygen atoms in total. The summed E-state index contributed by atoms with van der Waals surface area (Å²) in [6.07, 6.45) is -1.11. The van der Waals surface area contributed by atoms with E-state index in [0.29, 0.717) is 24.8 Å². The highest BCUT2D eigenvalue weighted by Crippen LogP contribution is 2.45. The lowest BCUT2D eigenvalue weighted by molar-refractivity contribution is -0.139. The summed E-state index contributed by atoms with van der Waals surface area (Å²) in [5.74, 6) is -0.782. The molecule has 2 aromatic carbocycles. The molecule has 0 spiro atoms. The molecule has 2 bridgehead atoms. The van der Waals surface area contributed by atoms with Crippen molar-refractivity contribution in [2.45, 2.75) is 80.2 Å². The molecule has 4 fully saturated rings. The van der Waals surface area contributed by atoms with E-state index < -0.39 is 51.1 Å². The molecule has 210 valence electrons. The minimum atomic E-state index is -4.51. The number of sulfone groups is 1. The quantitative estimate of drug-likeness (QED) is 0.523. The normalized spacial score (nSPS) is 24.7. The molecule has 2 atom stereocenters. The van der Waals surface area contributed by atoms with E-state index in [1.807, 2.05) is 0 Å². The fourth-order valence-corrected chi connectivity index (χ4v) is 6.87. The number of fused-ring (bicyclic) bond motifs is 2. The lowest BCUT2D eigenvalue weighted by Gasteiger charge is -2.53. The number of hydrogen-bond donors (Lipinski definition) is 2. The number of nitrogens with zero attached hydrogens (tertiary/aromatic N) is 1. The third-order valence-corrected chi connectivity index (χ3v) is 10.2. The lowest BCUT2D eigenvalue weighted by atomic mass is 9.69. The Bertz CT molecular complexity index is 1370. The highest BCUT2D eigenvalue weighted by molar-refractivity contribution is 7.91. The summed E-state index contributed by atoms with van der Waals surface area (Å²) in [6.45, 7) is 1.52. The summed E-state index contributed by atoms with van der Waals surface area (Å²) in [5.41, 5.74) is -1.60. The van der Waals surface area contributed by atoms with E-state index in [9.17, 15) is 36.3 Å². The Hall–Kier alpha value is -2.92. The van der Waals surface area contributed by atoms with Crippen LogP contribution in [-0.4, -0.2) is 53.7 Å². The van der Waals surface area contributed by atoms with Gasteiger partial charge in [0.2, 0.25) is 5.91 Å². The summed E-state index contributed by atoms with van der Waals surface area (Å²) in [5, 5.41) is 14.0. The SMILES string of the molecule is CCS(=O)(=O)c1cccc(C(=O)N2C3CC(C3)C[C@@H]2C(=O)N[C@@H](c2ccc(C(F)(F)F)cc2)C2(O)CCC2)c1. The van der Waals surface area contributed by atoms with Gasteiger partial charge in [0, 0.05) is 11.6 Å². The van der Waals surface area contributed by atoms with Crippen LogP contribution < -0.4 is 5.32 Å². The molecule has 0 radical (unpaired) electrons. The molecule has 2 aromatic rings. The first-order valence-corrected chi connectivity index (χ1v) is 14.8. The van der Waals surface area contributed by atoms with Gasteiger partial charge in [0.25, 0.3) is 5.91 Å². The van der Waals surface area contributed by atoms with Gasteiger partial charge in [0.1, 0.15) is 6.04 Å². The molecule has 0 unspecified atom stereocenters. The summed E-state index contributed by atoms with van der Waals surface area (Å²) < 4.78 is 64.1. The fourth-order valence-electron chi connectivity index (χ4n) is 5.94. The minimum Gasteiger partial charge on any atom is -0.387 e. The number of hydrogen-bond acceptors (Lipinski definition) is 5. The second kappa shape index (κ2) is 9.92. The Morgan fingerprint density at radius 1 is 1.10 bits per heavy atom. The Morgan fingerprint density at radius 3 is 2.33 bits per heavy atom. The number of amides is 2. The number of halogens is 3. The van der Waals surface area contributed by atoms with E-state index in [4.69, 9.17) is 0 Å². The van der Waals surface area contributed by atoms with E-state index in [-0.39, 0.29) is 28.2 Å². The number of aliphatic hydroxyl groups is 1. The predicted molar refractivity (Wildman–Crippen MR) is 136 cm³/mol. The zero-order valence-electron chi connectivity index (χ0n) is 21.4. The summed E-state index contributed by atoms with van der Waals surface area (Å²) in [6, 6.07) is 8.25. The van der Waals surface area contributed by atoms with Crippen LogP contribution in [-0.2, 0) is 20.8 Å². The number of nitrogens with one attached hydrogen (secondary N) is 1. The average Bonchev–Trinajstić information content (AvgIpc) is 2.88. The van der Waals surface area contributed by atoms with E-state index >= 15 is 0 Å². The van der Waals surface area contributed by atoms with Crippen molar-refractivity contribution >= 4 is 21.7 Å². The highest BCUT2D eigenvalue weighted by atomic mass is 32.2. The maximum Gasteiger partial charge on any atom is 0.416 e. The lowest BCUT2D eigenvalue weighted by Crippen LogP contribution is -2.64. The Labute approximate surface area is 225 Å². The van der Waals surface area contributed by atoms with Gasteiger partial charge in [-0.1, -0.05) is 25.1 Å². The van der Waals surface area contributed by atoms with Gasteiger partial charge in [0.15, 0.2) is 9.84 Å². The van der Waals surface area contributed by atoms with E-state index in [0.717, 1.165) is 31.4 Å². The van der Waals surface area contributed by atoms with Crippen molar-refractivity contribution < 1.29 is 36.3 Å². The van der Waals surface area contributed by atoms with Crippen molar-refractivity contribution in [1.29, 1.82) is 0 Å². The molecule has 0 aromatic heterocycles. The zero-order valence-corrected chi connectivity index (χ0v) is 22.3. The van der Waals surface area contributed by atoms with Crippen molar-refractivity contribution in [1.82, 2.24) is 10.2 Å². The van der Waals surface area contributed by atoms with Crippen LogP contribution in [0.4, 0.5) is 13.2 Å². The first-order valence-electron chi connectivity index (χ1n) is 13.2. The molecular formula is C28H31F3N2O5S. The number of rotatable bonds is 7. The molecule has 39 heavy (non-hydrogen) atoms. The molecule has 2 saturated carbocycles. The second-order valence-corrected chi connectivity index (χ2v) is 13.2. The molecule has 2 saturated heterocycles. The van der Waals surface area contributed by atoms with Crippen LogP contribution in [0.15, 0.2) is 53.4 Å². The number of carbonyl (C=O) groups is 2. The number of piperidine rings is 2. The summed E-state index contributed by atoms with van der Waals surface area (Å²) in [4.78, 5) is 28.9. The third kappa shape index (κ3) is 5.18. The van der Waals surface area contributed by atoms with Gasteiger partial charge < -0.3 is 15.3 Å². The van der Waals surface area contributed by atoms with Crippen LogP contribution in [0.5, 0.6) is 0 Å². The van der Waals surface area contributed by atoms with Gasteiger partial charge in [0.05, 0.1) is 27.9 Å². The van der Waals surface area contributed by atoms with E-state index in [2.05, 4.69) is 5.32 Å². The molecule has 2 heterocycles. The van der Waals surface area contributed by atoms with Gasteiger partial charge >= 0.3 is 6.18 Å². The van der Waals surface area contributed by atoms with E-state index in [1.165, 1.54) is 48.2 Å². The Morgan fingerprint density at radius 2 is 1.77 bits per heavy atom. The maximum absolute atomic E-state index is 13.7. The van der Waals surface area contributed by atoms with E-state index in [1.54, 1.807) is 0 Å². The summed E-state index contributed by atoms with van der Waals surface area (Å²) >= 11 is 0. The van der Waals surface area contributed by atoms with Gasteiger partial charge in [-0.25, -0.2) is 8.42 Å². The van der Waals surface area contributed by atoms with Crippen molar-refractivity contribution in [3.63, 3.8) is 0 Å². The smallest absolute Gasteiger partial charge is 0.387 e. The van der Waals surface area contributed by atoms with Gasteiger partial charge in [-0.2, -0.15) is 13.2 Å². The predicted octanol–water partition coefficient (Wildman–Crippen LogP) is 4.26. The zero-order chi connectivity index (χ0) is 28.2. The molecule has 2 aliphatic heterocycles. The number of alkyl halides is 3. The summed E-state index contributed by atoms with van der Waals surface area (Å²) in [7, 11) is -3.54. The van der Waals surface area contributed by atoms with Crippen LogP contribution >= 0.6 is 0 Å². The van der Waals surface area contributed by atoms with Gasteiger partial charge in [-0.05, 0) is 80.3 Å². The Balaban J connectivity index is 1.41. The molecule has 2 amide bonds. The molecule has 4 aliphatic rings. The molecule has 2 aliphatic carbocycles. The molecular weight excluding hydrogens is 533 g/mol. The van der Waals surface area contributed by atoms with Crippen molar-refractivity contribution in [2.75, 3.05) is 5.75 Å². The third-order valence-electron chi connectivity index (χ3n) is 8.47. The monoisotopic (exact) mass is 564 g/mol. The fraction of sp³-hybridized carbons (Fsp3) is 0.500. The van der Waals surface area contributed by atoms with Crippen molar-refractivity contribution in [3.05, 3.63) is 65.2 Å². The molecule has 2 N–H and O–H groups in total. The van der Waals surface area contributed by atoms with Crippen molar-refractivity contribution in [2.24, 2.45) is 5.92 Å². The second-order valence-electron chi connectivity index (χ2n) is 10.9. The van der Waals surface area contributed by atoms with Gasteiger partial charge in [-0.3, -0.25) is 9.59 Å².